The molecule has 3 amide bonds. The largest absolute Gasteiger partial charge is 0.335 e. The zero-order valence-corrected chi connectivity index (χ0v) is 21.1. The minimum absolute atomic E-state index is 0.0525. The number of carbonyl (C=O) groups excluding carboxylic acids is 2. The Morgan fingerprint density at radius 1 is 0.917 bits per heavy atom. The Hall–Kier alpha value is -3.54. The van der Waals surface area contributed by atoms with Crippen LogP contribution in [0.25, 0.3) is 5.69 Å². The first-order valence-corrected chi connectivity index (χ1v) is 13.4. The second-order valence-electron chi connectivity index (χ2n) is 9.93. The number of amides is 3. The fourth-order valence-corrected chi connectivity index (χ4v) is 5.57. The van der Waals surface area contributed by atoms with Crippen molar-refractivity contribution >= 4 is 17.6 Å². The minimum Gasteiger partial charge on any atom is -0.335 e. The molecular formula is C30H36N4O2. The van der Waals surface area contributed by atoms with E-state index in [4.69, 9.17) is 0 Å². The maximum Gasteiger partial charge on any atom is 0.318 e. The maximum absolute atomic E-state index is 14.1. The molecule has 2 aromatic carbocycles. The Balaban J connectivity index is 1.46. The average molecular weight is 485 g/mol. The van der Waals surface area contributed by atoms with Gasteiger partial charge in [-0.2, -0.15) is 0 Å². The van der Waals surface area contributed by atoms with Crippen molar-refractivity contribution in [3.63, 3.8) is 0 Å². The highest BCUT2D eigenvalue weighted by Crippen LogP contribution is 2.42. The summed E-state index contributed by atoms with van der Waals surface area (Å²) in [6.07, 6.45) is 9.48. The number of aromatic nitrogens is 1. The summed E-state index contributed by atoms with van der Waals surface area (Å²) in [6, 6.07) is 22.1. The number of benzene rings is 2. The maximum atomic E-state index is 14.1. The molecule has 0 bridgehead atoms. The number of unbranched alkanes of at least 4 members (excludes halogenated alkanes) is 1. The number of carbonyl (C=O) groups is 2. The number of nitrogens with one attached hydrogen (secondary N) is 1. The Labute approximate surface area is 213 Å². The van der Waals surface area contributed by atoms with Crippen LogP contribution in [0.4, 0.5) is 10.5 Å². The lowest BCUT2D eigenvalue weighted by molar-refractivity contribution is -0.119. The van der Waals surface area contributed by atoms with Crippen LogP contribution >= 0.6 is 0 Å². The van der Waals surface area contributed by atoms with Gasteiger partial charge in [-0.15, -0.1) is 0 Å². The molecule has 188 valence electrons. The third-order valence-corrected chi connectivity index (χ3v) is 7.43. The zero-order chi connectivity index (χ0) is 24.9. The summed E-state index contributed by atoms with van der Waals surface area (Å²) in [4.78, 5) is 31.1. The Bertz CT molecular complexity index is 1180. The van der Waals surface area contributed by atoms with Crippen molar-refractivity contribution in [2.45, 2.75) is 64.0 Å². The van der Waals surface area contributed by atoms with E-state index in [-0.39, 0.29) is 30.6 Å². The topological polar surface area (TPSA) is 57.6 Å². The first-order valence-electron chi connectivity index (χ1n) is 13.4. The number of anilines is 1. The van der Waals surface area contributed by atoms with Gasteiger partial charge in [0.1, 0.15) is 12.6 Å². The van der Waals surface area contributed by atoms with Gasteiger partial charge in [0.15, 0.2) is 0 Å². The summed E-state index contributed by atoms with van der Waals surface area (Å²) in [5.41, 5.74) is 3.93. The highest BCUT2D eigenvalue weighted by Gasteiger charge is 2.37. The summed E-state index contributed by atoms with van der Waals surface area (Å²) in [7, 11) is 0. The van der Waals surface area contributed by atoms with Crippen molar-refractivity contribution in [1.82, 2.24) is 14.8 Å². The summed E-state index contributed by atoms with van der Waals surface area (Å²) >= 11 is 0. The molecule has 6 nitrogen and oxygen atoms in total. The van der Waals surface area contributed by atoms with E-state index < -0.39 is 0 Å². The predicted octanol–water partition coefficient (Wildman–Crippen LogP) is 6.06. The number of hydrogen-bond acceptors (Lipinski definition) is 2. The molecule has 5 rings (SSSR count). The van der Waals surface area contributed by atoms with E-state index in [1.807, 2.05) is 53.4 Å². The fraction of sp³-hybridized carbons (Fsp3) is 0.400. The van der Waals surface area contributed by atoms with Crippen LogP contribution in [0.15, 0.2) is 72.9 Å². The van der Waals surface area contributed by atoms with Crippen molar-refractivity contribution in [2.75, 3.05) is 18.0 Å². The highest BCUT2D eigenvalue weighted by atomic mass is 16.2. The molecule has 1 aromatic heterocycles. The van der Waals surface area contributed by atoms with Gasteiger partial charge in [-0.3, -0.25) is 9.69 Å². The third kappa shape index (κ3) is 4.90. The Morgan fingerprint density at radius 3 is 2.39 bits per heavy atom. The van der Waals surface area contributed by atoms with Gasteiger partial charge in [-0.1, -0.05) is 75.1 Å². The molecule has 0 radical (unpaired) electrons. The van der Waals surface area contributed by atoms with Gasteiger partial charge < -0.3 is 14.8 Å². The van der Waals surface area contributed by atoms with Crippen LogP contribution in [0.3, 0.4) is 0 Å². The molecule has 2 aliphatic rings. The molecule has 1 atom stereocenters. The van der Waals surface area contributed by atoms with Crippen molar-refractivity contribution in [3.05, 3.63) is 84.2 Å². The van der Waals surface area contributed by atoms with E-state index in [9.17, 15) is 9.59 Å². The summed E-state index contributed by atoms with van der Waals surface area (Å²) < 4.78 is 2.17. The quantitative estimate of drug-likeness (QED) is 0.443. The highest BCUT2D eigenvalue weighted by molar-refractivity contribution is 6.00. The van der Waals surface area contributed by atoms with Crippen LogP contribution in [0.2, 0.25) is 0 Å². The number of hydrogen-bond donors (Lipinski definition) is 1. The van der Waals surface area contributed by atoms with Crippen LogP contribution in [0, 0.1) is 0 Å². The van der Waals surface area contributed by atoms with Gasteiger partial charge >= 0.3 is 6.03 Å². The van der Waals surface area contributed by atoms with Crippen molar-refractivity contribution in [2.24, 2.45) is 0 Å². The van der Waals surface area contributed by atoms with Gasteiger partial charge in [0.25, 0.3) is 0 Å². The van der Waals surface area contributed by atoms with Gasteiger partial charge in [0, 0.05) is 18.8 Å². The van der Waals surface area contributed by atoms with Crippen LogP contribution < -0.4 is 10.2 Å². The molecule has 1 N–H and O–H groups in total. The van der Waals surface area contributed by atoms with Gasteiger partial charge in [0.05, 0.1) is 17.1 Å². The fourth-order valence-electron chi connectivity index (χ4n) is 5.57. The molecule has 1 aliphatic heterocycles. The van der Waals surface area contributed by atoms with E-state index >= 15 is 0 Å². The number of urea groups is 1. The zero-order valence-electron chi connectivity index (χ0n) is 21.1. The molecule has 0 spiro atoms. The molecule has 0 saturated heterocycles. The van der Waals surface area contributed by atoms with Crippen LogP contribution in [-0.4, -0.2) is 40.5 Å². The molecule has 36 heavy (non-hydrogen) atoms. The van der Waals surface area contributed by atoms with E-state index in [1.54, 1.807) is 4.90 Å². The normalized spacial score (nSPS) is 17.2. The van der Waals surface area contributed by atoms with Crippen LogP contribution in [-0.2, 0) is 4.79 Å². The van der Waals surface area contributed by atoms with Gasteiger partial charge in [0.2, 0.25) is 5.91 Å². The molecule has 3 aromatic rings. The second kappa shape index (κ2) is 11.0. The van der Waals surface area contributed by atoms with Crippen molar-refractivity contribution < 1.29 is 9.59 Å². The summed E-state index contributed by atoms with van der Waals surface area (Å²) in [5.74, 6) is -0.0707. The summed E-state index contributed by atoms with van der Waals surface area (Å²) in [6.45, 7) is 2.74. The Morgan fingerprint density at radius 2 is 1.64 bits per heavy atom. The third-order valence-electron chi connectivity index (χ3n) is 7.43. The number of para-hydroxylation sites is 2. The lowest BCUT2D eigenvalue weighted by Gasteiger charge is -2.39. The van der Waals surface area contributed by atoms with Crippen molar-refractivity contribution in [1.29, 1.82) is 0 Å². The Kier molecular flexibility index (Phi) is 7.40. The second-order valence-corrected chi connectivity index (χ2v) is 9.93. The molecule has 2 heterocycles. The van der Waals surface area contributed by atoms with Crippen molar-refractivity contribution in [3.8, 4) is 5.69 Å². The minimum atomic E-state index is -0.266. The lowest BCUT2D eigenvalue weighted by Crippen LogP contribution is -2.51. The number of fused-ring (bicyclic) bond motifs is 3. The lowest BCUT2D eigenvalue weighted by atomic mass is 9.96. The van der Waals surface area contributed by atoms with Crippen LogP contribution in [0.5, 0.6) is 0 Å². The SMILES string of the molecule is CCCCN(CC(=O)N1c2ccccc2-n2cccc2C1c1ccccc1)C(=O)NC1CCCCC1. The molecule has 1 fully saturated rings. The number of nitrogens with zero attached hydrogens (tertiary/aromatic N) is 3. The van der Waals surface area contributed by atoms with E-state index in [0.29, 0.717) is 6.54 Å². The molecular weight excluding hydrogens is 448 g/mol. The van der Waals surface area contributed by atoms with Gasteiger partial charge in [-0.25, -0.2) is 4.79 Å². The molecule has 1 aliphatic carbocycles. The standard InChI is InChI=1S/C30H36N4O2/c1-2-3-20-32(30(36)31-24-15-8-5-9-16-24)22-28(35)34-26-18-11-10-17-25(26)33-21-12-19-27(33)29(34)23-13-6-4-7-14-23/h4,6-7,10-14,17-19,21,24,29H,2-3,5,8-9,15-16,20,22H2,1H3,(H,31,36). The molecule has 6 heteroatoms. The van der Waals surface area contributed by atoms with E-state index in [0.717, 1.165) is 61.2 Å². The van der Waals surface area contributed by atoms with Crippen LogP contribution in [0.1, 0.15) is 69.2 Å². The predicted molar refractivity (Wildman–Crippen MR) is 143 cm³/mol. The van der Waals surface area contributed by atoms with Gasteiger partial charge in [-0.05, 0) is 49.1 Å². The smallest absolute Gasteiger partial charge is 0.318 e. The monoisotopic (exact) mass is 484 g/mol. The number of rotatable bonds is 7. The first-order chi connectivity index (χ1) is 17.7. The first kappa shape index (κ1) is 24.2. The summed E-state index contributed by atoms with van der Waals surface area (Å²) in [5, 5.41) is 3.22. The van der Waals surface area contributed by atoms with E-state index in [1.165, 1.54) is 6.42 Å². The van der Waals surface area contributed by atoms with E-state index in [2.05, 4.69) is 41.2 Å². The average Bonchev–Trinajstić information content (AvgIpc) is 3.41. The molecule has 1 saturated carbocycles. The molecule has 1 unspecified atom stereocenters.